The van der Waals surface area contributed by atoms with Gasteiger partial charge in [-0.15, -0.1) is 0 Å². The van der Waals surface area contributed by atoms with Crippen LogP contribution in [0.25, 0.3) is 0 Å². The van der Waals surface area contributed by atoms with Gasteiger partial charge < -0.3 is 0 Å². The van der Waals surface area contributed by atoms with E-state index in [-0.39, 0.29) is 17.1 Å². The predicted molar refractivity (Wildman–Crippen MR) is 64.4 cm³/mol. The molecule has 2 N–H and O–H groups in total. The van der Waals surface area contributed by atoms with E-state index < -0.39 is 0 Å². The first-order valence-corrected chi connectivity index (χ1v) is 4.58. The van der Waals surface area contributed by atoms with Gasteiger partial charge in [-0.05, 0) is 13.3 Å². The topological polar surface area (TPSA) is 48.8 Å². The van der Waals surface area contributed by atoms with Gasteiger partial charge in [0.05, 0.1) is 22.4 Å². The molecule has 0 bridgehead atoms. The summed E-state index contributed by atoms with van der Waals surface area (Å²) in [5, 5.41) is 7.53. The largest absolute Gasteiger partial charge is 0.272 e. The minimum atomic E-state index is 0. The molecule has 0 saturated carbocycles. The third-order valence-corrected chi connectivity index (χ3v) is 1.42. The zero-order chi connectivity index (χ0) is 10.1. The molecule has 0 atom stereocenters. The quantitative estimate of drug-likeness (QED) is 0.351. The molecule has 0 unspecified atom stereocenters. The van der Waals surface area contributed by atoms with E-state index >= 15 is 0 Å². The summed E-state index contributed by atoms with van der Waals surface area (Å²) in [5.41, 5.74) is 5.27. The Balaban J connectivity index is 0. The number of hydrazone groups is 2. The van der Waals surface area contributed by atoms with Crippen molar-refractivity contribution in [2.75, 3.05) is 0 Å². The van der Waals surface area contributed by atoms with Crippen LogP contribution in [-0.2, 0) is 17.1 Å². The second-order valence-corrected chi connectivity index (χ2v) is 3.22. The Morgan fingerprint density at radius 3 is 2.14 bits per heavy atom. The second-order valence-electron chi connectivity index (χ2n) is 2.11. The second kappa shape index (κ2) is 10.7. The molecule has 0 aliphatic rings. The Labute approximate surface area is 105 Å². The molecule has 4 nitrogen and oxygen atoms in total. The molecular formula is C7H12CuN4S2. The van der Waals surface area contributed by atoms with E-state index in [1.807, 2.05) is 6.92 Å². The zero-order valence-electron chi connectivity index (χ0n) is 7.87. The van der Waals surface area contributed by atoms with Crippen LogP contribution < -0.4 is 10.9 Å². The molecule has 14 heavy (non-hydrogen) atoms. The maximum atomic E-state index is 4.87. The summed E-state index contributed by atoms with van der Waals surface area (Å²) in [6, 6.07) is 0. The van der Waals surface area contributed by atoms with Crippen LogP contribution in [0.15, 0.2) is 10.2 Å². The van der Waals surface area contributed by atoms with E-state index in [1.54, 1.807) is 6.92 Å². The number of nitrogens with zero attached hydrogens (tertiary/aromatic N) is 2. The van der Waals surface area contributed by atoms with E-state index in [0.29, 0.717) is 9.98 Å². The molecule has 0 heterocycles. The van der Waals surface area contributed by atoms with Crippen LogP contribution in [0.5, 0.6) is 0 Å². The minimum Gasteiger partial charge on any atom is -0.272 e. The van der Waals surface area contributed by atoms with E-state index in [4.69, 9.17) is 24.4 Å². The van der Waals surface area contributed by atoms with Gasteiger partial charge in [0.15, 0.2) is 0 Å². The molecule has 7 heteroatoms. The molecule has 0 aromatic rings. The van der Waals surface area contributed by atoms with Gasteiger partial charge >= 0.3 is 0 Å². The summed E-state index contributed by atoms with van der Waals surface area (Å²) in [4.78, 5) is 1.31. The standard InChI is InChI=1S/C7H12N4S2.Cu/c1-3-7(13)11-9-5-4-8-10-6(2)12;/h4-5H,3H2,1-2H3,(H,10,12)(H,11,13);/b8-4+,9-5+;/i;1-2. The molecule has 0 amide bonds. The van der Waals surface area contributed by atoms with Gasteiger partial charge in [-0.3, -0.25) is 10.9 Å². The van der Waals surface area contributed by atoms with Gasteiger partial charge in [0.25, 0.3) is 0 Å². The third kappa shape index (κ3) is 11.6. The van der Waals surface area contributed by atoms with Crippen molar-refractivity contribution in [1.82, 2.24) is 10.9 Å². The maximum absolute atomic E-state index is 4.87. The van der Waals surface area contributed by atoms with E-state index in [9.17, 15) is 0 Å². The Hall–Kier alpha value is -0.361. The van der Waals surface area contributed by atoms with E-state index in [0.717, 1.165) is 6.42 Å². The van der Waals surface area contributed by atoms with Crippen molar-refractivity contribution in [2.45, 2.75) is 20.3 Å². The monoisotopic (exact) mass is 278 g/mol. The van der Waals surface area contributed by atoms with Crippen LogP contribution in [0.2, 0.25) is 0 Å². The van der Waals surface area contributed by atoms with Crippen molar-refractivity contribution < 1.29 is 17.1 Å². The van der Waals surface area contributed by atoms with Crippen LogP contribution in [0.4, 0.5) is 0 Å². The van der Waals surface area contributed by atoms with Gasteiger partial charge in [-0.25, -0.2) is 0 Å². The normalized spacial score (nSPS) is 9.86. The molecule has 0 aromatic heterocycles. The average Bonchev–Trinajstić information content (AvgIpc) is 2.10. The number of nitrogens with one attached hydrogen (secondary N) is 2. The number of rotatable bonds is 4. The Bertz CT molecular complexity index is 240. The van der Waals surface area contributed by atoms with Crippen molar-refractivity contribution in [1.29, 1.82) is 0 Å². The summed E-state index contributed by atoms with van der Waals surface area (Å²) in [6.45, 7) is 3.70. The van der Waals surface area contributed by atoms with Crippen LogP contribution in [0.3, 0.4) is 0 Å². The summed E-state index contributed by atoms with van der Waals surface area (Å²) in [6.07, 6.45) is 3.76. The zero-order valence-corrected chi connectivity index (χ0v) is 10.4. The summed E-state index contributed by atoms with van der Waals surface area (Å²) < 4.78 is 0. The minimum absolute atomic E-state index is 0. The van der Waals surface area contributed by atoms with Crippen LogP contribution in [-0.4, -0.2) is 22.4 Å². The van der Waals surface area contributed by atoms with Gasteiger partial charge in [-0.1, -0.05) is 31.4 Å². The fourth-order valence-electron chi connectivity index (χ4n) is 0.383. The predicted octanol–water partition coefficient (Wildman–Crippen LogP) is 1.22. The maximum Gasteiger partial charge on any atom is 0.0958 e. The molecule has 0 aliphatic carbocycles. The third-order valence-electron chi connectivity index (χ3n) is 0.948. The van der Waals surface area contributed by atoms with Crippen molar-refractivity contribution >= 4 is 46.8 Å². The Morgan fingerprint density at radius 2 is 1.71 bits per heavy atom. The van der Waals surface area contributed by atoms with Crippen LogP contribution in [0, 0.1) is 0 Å². The number of thiocarbonyl (C=S) groups is 2. The molecule has 0 saturated heterocycles. The molecule has 0 rings (SSSR count). The van der Waals surface area contributed by atoms with Crippen molar-refractivity contribution in [2.24, 2.45) is 10.2 Å². The summed E-state index contributed by atoms with van der Waals surface area (Å²) in [7, 11) is 0. The summed E-state index contributed by atoms with van der Waals surface area (Å²) in [5.74, 6) is 0. The Kier molecular flexibility index (Phi) is 12.3. The fourth-order valence-corrected chi connectivity index (χ4v) is 0.489. The number of hydrogen-bond donors (Lipinski definition) is 2. The van der Waals surface area contributed by atoms with Crippen molar-refractivity contribution in [3.05, 3.63) is 0 Å². The smallest absolute Gasteiger partial charge is 0.0958 e. The van der Waals surface area contributed by atoms with Gasteiger partial charge in [-0.2, -0.15) is 10.2 Å². The Morgan fingerprint density at radius 1 is 1.21 bits per heavy atom. The van der Waals surface area contributed by atoms with Gasteiger partial charge in [0.2, 0.25) is 0 Å². The first-order chi connectivity index (χ1) is 6.16. The van der Waals surface area contributed by atoms with Crippen LogP contribution >= 0.6 is 24.4 Å². The van der Waals surface area contributed by atoms with Crippen LogP contribution in [0.1, 0.15) is 20.3 Å². The molecular weight excluding hydrogens is 266 g/mol. The molecule has 0 spiro atoms. The molecule has 0 aromatic carbocycles. The molecule has 1 radical (unpaired) electrons. The first-order valence-electron chi connectivity index (χ1n) is 3.77. The SMILES string of the molecule is CCC(=S)N/N=C/C=N/NC(C)=S.[62Cu]. The van der Waals surface area contributed by atoms with E-state index in [2.05, 4.69) is 21.1 Å². The molecule has 0 fully saturated rings. The summed E-state index contributed by atoms with van der Waals surface area (Å²) >= 11 is 9.60. The van der Waals surface area contributed by atoms with Crippen molar-refractivity contribution in [3.8, 4) is 0 Å². The molecule has 0 aliphatic heterocycles. The van der Waals surface area contributed by atoms with Gasteiger partial charge in [0.1, 0.15) is 0 Å². The first kappa shape index (κ1) is 16.1. The van der Waals surface area contributed by atoms with E-state index in [1.165, 1.54) is 12.4 Å². The average molecular weight is 278 g/mol. The number of hydrogen-bond acceptors (Lipinski definition) is 4. The fraction of sp³-hybridized carbons (Fsp3) is 0.429. The molecule has 83 valence electrons. The van der Waals surface area contributed by atoms with Crippen molar-refractivity contribution in [3.63, 3.8) is 0 Å². The van der Waals surface area contributed by atoms with Gasteiger partial charge in [0, 0.05) is 17.1 Å².